The van der Waals surface area contributed by atoms with Gasteiger partial charge in [0, 0.05) is 6.54 Å². The van der Waals surface area contributed by atoms with Crippen LogP contribution in [0, 0.1) is 17.8 Å². The Labute approximate surface area is 116 Å². The monoisotopic (exact) mass is 255 g/mol. The lowest BCUT2D eigenvalue weighted by Crippen LogP contribution is -2.33. The van der Waals surface area contributed by atoms with Crippen molar-refractivity contribution in [2.24, 2.45) is 17.8 Å². The fourth-order valence-corrected chi connectivity index (χ4v) is 2.99. The van der Waals surface area contributed by atoms with E-state index in [0.717, 1.165) is 17.8 Å². The van der Waals surface area contributed by atoms with Gasteiger partial charge < -0.3 is 4.90 Å². The standard InChI is InChI=1S/C17H37N/c1-7-10-11-12-16(5)17(15(4)9-3)14-18(6)13-8-2/h15-17H,7-14H2,1-6H3. The van der Waals surface area contributed by atoms with E-state index in [9.17, 15) is 0 Å². The largest absolute Gasteiger partial charge is 0.306 e. The van der Waals surface area contributed by atoms with Crippen LogP contribution in [0.1, 0.15) is 73.1 Å². The minimum absolute atomic E-state index is 0.862. The number of hydrogen-bond acceptors (Lipinski definition) is 1. The molecule has 1 heteroatoms. The van der Waals surface area contributed by atoms with Crippen molar-refractivity contribution in [2.75, 3.05) is 20.1 Å². The third-order valence-corrected chi connectivity index (χ3v) is 4.50. The Morgan fingerprint density at radius 2 is 1.56 bits per heavy atom. The van der Waals surface area contributed by atoms with Gasteiger partial charge in [-0.25, -0.2) is 0 Å². The van der Waals surface area contributed by atoms with Crippen molar-refractivity contribution < 1.29 is 0 Å². The van der Waals surface area contributed by atoms with Crippen LogP contribution in [0.3, 0.4) is 0 Å². The van der Waals surface area contributed by atoms with Crippen LogP contribution >= 0.6 is 0 Å². The van der Waals surface area contributed by atoms with Crippen LogP contribution in [0.4, 0.5) is 0 Å². The Hall–Kier alpha value is -0.0400. The average Bonchev–Trinajstić information content (AvgIpc) is 2.35. The van der Waals surface area contributed by atoms with Crippen molar-refractivity contribution in [1.29, 1.82) is 0 Å². The quantitative estimate of drug-likeness (QED) is 0.458. The van der Waals surface area contributed by atoms with Crippen LogP contribution in [0.25, 0.3) is 0 Å². The van der Waals surface area contributed by atoms with Gasteiger partial charge in [-0.15, -0.1) is 0 Å². The third-order valence-electron chi connectivity index (χ3n) is 4.50. The first kappa shape index (κ1) is 18.0. The molecule has 0 aliphatic carbocycles. The molecule has 0 N–H and O–H groups in total. The molecular formula is C17H37N. The summed E-state index contributed by atoms with van der Waals surface area (Å²) >= 11 is 0. The molecule has 110 valence electrons. The Kier molecular flexibility index (Phi) is 10.8. The average molecular weight is 255 g/mol. The van der Waals surface area contributed by atoms with Gasteiger partial charge >= 0.3 is 0 Å². The summed E-state index contributed by atoms with van der Waals surface area (Å²) in [6, 6.07) is 0. The summed E-state index contributed by atoms with van der Waals surface area (Å²) in [6.45, 7) is 14.4. The summed E-state index contributed by atoms with van der Waals surface area (Å²) in [5.41, 5.74) is 0. The van der Waals surface area contributed by atoms with E-state index in [1.807, 2.05) is 0 Å². The molecule has 0 fully saturated rings. The molecule has 0 heterocycles. The molecule has 3 unspecified atom stereocenters. The first-order chi connectivity index (χ1) is 8.56. The van der Waals surface area contributed by atoms with Gasteiger partial charge in [0.2, 0.25) is 0 Å². The molecule has 0 spiro atoms. The molecule has 0 radical (unpaired) electrons. The molecule has 0 aliphatic heterocycles. The lowest BCUT2D eigenvalue weighted by molar-refractivity contribution is 0.162. The van der Waals surface area contributed by atoms with Crippen molar-refractivity contribution in [1.82, 2.24) is 4.90 Å². The van der Waals surface area contributed by atoms with E-state index < -0.39 is 0 Å². The zero-order valence-electron chi connectivity index (χ0n) is 13.8. The van der Waals surface area contributed by atoms with E-state index in [0.29, 0.717) is 0 Å². The molecule has 3 atom stereocenters. The molecule has 0 saturated carbocycles. The van der Waals surface area contributed by atoms with E-state index in [2.05, 4.69) is 46.6 Å². The highest BCUT2D eigenvalue weighted by Gasteiger charge is 2.23. The topological polar surface area (TPSA) is 3.24 Å². The normalized spacial score (nSPS) is 16.8. The predicted molar refractivity (Wildman–Crippen MR) is 84.0 cm³/mol. The van der Waals surface area contributed by atoms with Gasteiger partial charge in [0.15, 0.2) is 0 Å². The molecule has 0 saturated heterocycles. The maximum absolute atomic E-state index is 2.53. The fraction of sp³-hybridized carbons (Fsp3) is 1.00. The van der Waals surface area contributed by atoms with Crippen LogP contribution < -0.4 is 0 Å². The second-order valence-electron chi connectivity index (χ2n) is 6.28. The Balaban J connectivity index is 4.28. The summed E-state index contributed by atoms with van der Waals surface area (Å²) in [5.74, 6) is 2.62. The zero-order chi connectivity index (χ0) is 14.0. The molecule has 0 aromatic heterocycles. The van der Waals surface area contributed by atoms with Crippen molar-refractivity contribution >= 4 is 0 Å². The molecule has 0 amide bonds. The minimum Gasteiger partial charge on any atom is -0.306 e. The molecular weight excluding hydrogens is 218 g/mol. The maximum Gasteiger partial charge on any atom is 0.00117 e. The highest BCUT2D eigenvalue weighted by molar-refractivity contribution is 4.74. The fourth-order valence-electron chi connectivity index (χ4n) is 2.99. The van der Waals surface area contributed by atoms with Crippen LogP contribution in [-0.2, 0) is 0 Å². The molecule has 0 rings (SSSR count). The van der Waals surface area contributed by atoms with Crippen molar-refractivity contribution in [3.05, 3.63) is 0 Å². The smallest absolute Gasteiger partial charge is 0.00117 e. The molecule has 0 bridgehead atoms. The number of nitrogens with zero attached hydrogens (tertiary/aromatic N) is 1. The van der Waals surface area contributed by atoms with Crippen molar-refractivity contribution in [3.63, 3.8) is 0 Å². The molecule has 0 aromatic carbocycles. The van der Waals surface area contributed by atoms with Gasteiger partial charge in [0.25, 0.3) is 0 Å². The summed E-state index contributed by atoms with van der Waals surface area (Å²) in [4.78, 5) is 2.53. The van der Waals surface area contributed by atoms with Gasteiger partial charge in [-0.3, -0.25) is 0 Å². The van der Waals surface area contributed by atoms with E-state index in [-0.39, 0.29) is 0 Å². The van der Waals surface area contributed by atoms with E-state index in [1.165, 1.54) is 51.6 Å². The third kappa shape index (κ3) is 7.41. The van der Waals surface area contributed by atoms with E-state index in [4.69, 9.17) is 0 Å². The SMILES string of the molecule is CCCCCC(C)C(CN(C)CCC)C(C)CC. The Bertz CT molecular complexity index is 178. The Morgan fingerprint density at radius 3 is 2.06 bits per heavy atom. The molecule has 1 nitrogen and oxygen atoms in total. The summed E-state index contributed by atoms with van der Waals surface area (Å²) in [7, 11) is 2.29. The second kappa shape index (κ2) is 10.8. The van der Waals surface area contributed by atoms with Crippen LogP contribution in [-0.4, -0.2) is 25.0 Å². The highest BCUT2D eigenvalue weighted by atomic mass is 15.1. The van der Waals surface area contributed by atoms with Gasteiger partial charge in [-0.1, -0.05) is 66.7 Å². The number of hydrogen-bond donors (Lipinski definition) is 0. The Morgan fingerprint density at radius 1 is 0.889 bits per heavy atom. The summed E-state index contributed by atoms with van der Waals surface area (Å²) < 4.78 is 0. The first-order valence-electron chi connectivity index (χ1n) is 8.25. The highest BCUT2D eigenvalue weighted by Crippen LogP contribution is 2.28. The lowest BCUT2D eigenvalue weighted by atomic mass is 9.79. The number of unbranched alkanes of at least 4 members (excludes halogenated alkanes) is 2. The molecule has 0 aromatic rings. The van der Waals surface area contributed by atoms with Crippen LogP contribution in [0.5, 0.6) is 0 Å². The summed E-state index contributed by atoms with van der Waals surface area (Å²) in [6.07, 6.45) is 8.18. The maximum atomic E-state index is 2.53. The van der Waals surface area contributed by atoms with Crippen molar-refractivity contribution in [3.8, 4) is 0 Å². The van der Waals surface area contributed by atoms with E-state index >= 15 is 0 Å². The van der Waals surface area contributed by atoms with Gasteiger partial charge in [0.1, 0.15) is 0 Å². The van der Waals surface area contributed by atoms with Gasteiger partial charge in [-0.05, 0) is 37.8 Å². The van der Waals surface area contributed by atoms with Gasteiger partial charge in [0.05, 0.1) is 0 Å². The van der Waals surface area contributed by atoms with E-state index in [1.54, 1.807) is 0 Å². The second-order valence-corrected chi connectivity index (χ2v) is 6.28. The van der Waals surface area contributed by atoms with Crippen LogP contribution in [0.2, 0.25) is 0 Å². The first-order valence-corrected chi connectivity index (χ1v) is 8.25. The van der Waals surface area contributed by atoms with Crippen molar-refractivity contribution in [2.45, 2.75) is 73.1 Å². The molecule has 18 heavy (non-hydrogen) atoms. The van der Waals surface area contributed by atoms with Gasteiger partial charge in [-0.2, -0.15) is 0 Å². The lowest BCUT2D eigenvalue weighted by Gasteiger charge is -2.33. The molecule has 0 aliphatic rings. The van der Waals surface area contributed by atoms with Crippen LogP contribution in [0.15, 0.2) is 0 Å². The minimum atomic E-state index is 0.862. The zero-order valence-corrected chi connectivity index (χ0v) is 13.8. The predicted octanol–water partition coefficient (Wildman–Crippen LogP) is 5.21. The summed E-state index contributed by atoms with van der Waals surface area (Å²) in [5, 5.41) is 0. The number of rotatable bonds is 11.